The largest absolute Gasteiger partial charge is 0.495 e. The van der Waals surface area contributed by atoms with Crippen LogP contribution in [0.25, 0.3) is 0 Å². The predicted molar refractivity (Wildman–Crippen MR) is 98.1 cm³/mol. The van der Waals surface area contributed by atoms with Crippen LogP contribution in [0, 0.1) is 0 Å². The standard InChI is InChI=1S/C17H21ClN4O3/c1-5-22(6-2)16-10-19-13(9-20-16)17(23)21-12-8-14(24-3)11(18)7-15(12)25-4/h7-10H,5-6H2,1-4H3,(H,21,23). The average Bonchev–Trinajstić information content (AvgIpc) is 2.64. The number of hydrogen-bond acceptors (Lipinski definition) is 6. The van der Waals surface area contributed by atoms with Gasteiger partial charge in [-0.1, -0.05) is 11.6 Å². The molecule has 1 heterocycles. The maximum atomic E-state index is 12.4. The molecule has 25 heavy (non-hydrogen) atoms. The minimum Gasteiger partial charge on any atom is -0.495 e. The van der Waals surface area contributed by atoms with Crippen molar-refractivity contribution >= 4 is 29.0 Å². The number of rotatable bonds is 7. The van der Waals surface area contributed by atoms with Gasteiger partial charge in [0.1, 0.15) is 23.0 Å². The van der Waals surface area contributed by atoms with Crippen molar-refractivity contribution in [3.05, 3.63) is 35.2 Å². The van der Waals surface area contributed by atoms with Crippen LogP contribution in [0.2, 0.25) is 5.02 Å². The van der Waals surface area contributed by atoms with Crippen molar-refractivity contribution in [3.8, 4) is 11.5 Å². The molecule has 1 N–H and O–H groups in total. The molecule has 0 aliphatic heterocycles. The zero-order chi connectivity index (χ0) is 18.4. The Kier molecular flexibility index (Phi) is 6.41. The SMILES string of the molecule is CCN(CC)c1cnc(C(=O)Nc2cc(OC)c(Cl)cc2OC)cn1. The molecule has 134 valence electrons. The van der Waals surface area contributed by atoms with Gasteiger partial charge in [0, 0.05) is 25.2 Å². The zero-order valence-corrected chi connectivity index (χ0v) is 15.4. The molecule has 0 aliphatic rings. The molecule has 7 nitrogen and oxygen atoms in total. The summed E-state index contributed by atoms with van der Waals surface area (Å²) in [5.74, 6) is 1.18. The first-order valence-corrected chi connectivity index (χ1v) is 8.21. The van der Waals surface area contributed by atoms with E-state index in [1.165, 1.54) is 20.4 Å². The average molecular weight is 365 g/mol. The lowest BCUT2D eigenvalue weighted by Crippen LogP contribution is -2.23. The molecule has 0 atom stereocenters. The van der Waals surface area contributed by atoms with Crippen LogP contribution in [0.15, 0.2) is 24.5 Å². The van der Waals surface area contributed by atoms with Crippen LogP contribution in [0.3, 0.4) is 0 Å². The molecule has 0 radical (unpaired) electrons. The molecule has 1 aromatic heterocycles. The molecule has 0 unspecified atom stereocenters. The first-order chi connectivity index (χ1) is 12.0. The van der Waals surface area contributed by atoms with Crippen molar-refractivity contribution in [1.82, 2.24) is 9.97 Å². The highest BCUT2D eigenvalue weighted by Crippen LogP contribution is 2.36. The fourth-order valence-electron chi connectivity index (χ4n) is 2.29. The smallest absolute Gasteiger partial charge is 0.275 e. The second-order valence-electron chi connectivity index (χ2n) is 5.07. The molecular formula is C17H21ClN4O3. The molecule has 0 spiro atoms. The summed E-state index contributed by atoms with van der Waals surface area (Å²) in [7, 11) is 2.99. The van der Waals surface area contributed by atoms with Gasteiger partial charge in [0.15, 0.2) is 0 Å². The first-order valence-electron chi connectivity index (χ1n) is 7.83. The van der Waals surface area contributed by atoms with Crippen LogP contribution in [0.4, 0.5) is 11.5 Å². The number of nitrogens with one attached hydrogen (secondary N) is 1. The molecule has 2 rings (SSSR count). The summed E-state index contributed by atoms with van der Waals surface area (Å²) in [6.07, 6.45) is 3.03. The van der Waals surface area contributed by atoms with Crippen molar-refractivity contribution in [2.75, 3.05) is 37.5 Å². The van der Waals surface area contributed by atoms with E-state index in [1.807, 2.05) is 18.7 Å². The summed E-state index contributed by atoms with van der Waals surface area (Å²) in [5, 5.41) is 3.13. The highest BCUT2D eigenvalue weighted by atomic mass is 35.5. The topological polar surface area (TPSA) is 76.6 Å². The number of hydrogen-bond donors (Lipinski definition) is 1. The molecule has 2 aromatic rings. The molecule has 0 fully saturated rings. The van der Waals surface area contributed by atoms with Gasteiger partial charge in [-0.2, -0.15) is 0 Å². The van der Waals surface area contributed by atoms with Crippen molar-refractivity contribution < 1.29 is 14.3 Å². The van der Waals surface area contributed by atoms with Gasteiger partial charge in [-0.3, -0.25) is 4.79 Å². The minimum absolute atomic E-state index is 0.201. The van der Waals surface area contributed by atoms with Gasteiger partial charge in [-0.05, 0) is 13.8 Å². The molecular weight excluding hydrogens is 344 g/mol. The van der Waals surface area contributed by atoms with Crippen molar-refractivity contribution in [2.45, 2.75) is 13.8 Å². The van der Waals surface area contributed by atoms with Gasteiger partial charge in [0.05, 0.1) is 37.3 Å². The van der Waals surface area contributed by atoms with Crippen LogP contribution < -0.4 is 19.7 Å². The Bertz CT molecular complexity index is 733. The predicted octanol–water partition coefficient (Wildman–Crippen LogP) is 3.25. The first kappa shape index (κ1) is 18.8. The Labute approximate surface area is 151 Å². The van der Waals surface area contributed by atoms with Crippen LogP contribution >= 0.6 is 11.6 Å². The number of ether oxygens (including phenoxy) is 2. The number of aromatic nitrogens is 2. The quantitative estimate of drug-likeness (QED) is 0.812. The Morgan fingerprint density at radius 1 is 1.12 bits per heavy atom. The highest BCUT2D eigenvalue weighted by Gasteiger charge is 2.15. The summed E-state index contributed by atoms with van der Waals surface area (Å²) in [5.41, 5.74) is 0.634. The van der Waals surface area contributed by atoms with Gasteiger partial charge in [0.2, 0.25) is 0 Å². The fourth-order valence-corrected chi connectivity index (χ4v) is 2.52. The summed E-state index contributed by atoms with van der Waals surface area (Å²) >= 11 is 6.06. The third kappa shape index (κ3) is 4.30. The fraction of sp³-hybridized carbons (Fsp3) is 0.353. The lowest BCUT2D eigenvalue weighted by atomic mass is 10.2. The van der Waals surface area contributed by atoms with E-state index in [4.69, 9.17) is 21.1 Å². The Hall–Kier alpha value is -2.54. The van der Waals surface area contributed by atoms with Gasteiger partial charge in [-0.15, -0.1) is 0 Å². The van der Waals surface area contributed by atoms with E-state index in [9.17, 15) is 4.79 Å². The Morgan fingerprint density at radius 3 is 2.32 bits per heavy atom. The summed E-state index contributed by atoms with van der Waals surface area (Å²) < 4.78 is 10.4. The second-order valence-corrected chi connectivity index (χ2v) is 5.48. The third-order valence-corrected chi connectivity index (χ3v) is 3.98. The van der Waals surface area contributed by atoms with E-state index < -0.39 is 5.91 Å². The molecule has 1 amide bonds. The van der Waals surface area contributed by atoms with E-state index in [-0.39, 0.29) is 5.69 Å². The molecule has 0 aliphatic carbocycles. The lowest BCUT2D eigenvalue weighted by molar-refractivity contribution is 0.102. The Balaban J connectivity index is 2.22. The summed E-state index contributed by atoms with van der Waals surface area (Å²) in [6.45, 7) is 5.70. The normalized spacial score (nSPS) is 10.3. The van der Waals surface area contributed by atoms with Crippen molar-refractivity contribution in [2.24, 2.45) is 0 Å². The number of carbonyl (C=O) groups is 1. The van der Waals surface area contributed by atoms with Crippen LogP contribution in [0.1, 0.15) is 24.3 Å². The Morgan fingerprint density at radius 2 is 1.80 bits per heavy atom. The molecule has 0 bridgehead atoms. The van der Waals surface area contributed by atoms with Crippen molar-refractivity contribution in [1.29, 1.82) is 0 Å². The van der Waals surface area contributed by atoms with E-state index in [0.717, 1.165) is 18.9 Å². The number of carbonyl (C=O) groups excluding carboxylic acids is 1. The van der Waals surface area contributed by atoms with E-state index in [2.05, 4.69) is 15.3 Å². The number of nitrogens with zero attached hydrogens (tertiary/aromatic N) is 3. The number of benzene rings is 1. The molecule has 1 aromatic carbocycles. The zero-order valence-electron chi connectivity index (χ0n) is 14.7. The third-order valence-electron chi connectivity index (χ3n) is 3.68. The maximum absolute atomic E-state index is 12.4. The van der Waals surface area contributed by atoms with Gasteiger partial charge < -0.3 is 19.7 Å². The maximum Gasteiger partial charge on any atom is 0.275 e. The number of methoxy groups -OCH3 is 2. The van der Waals surface area contributed by atoms with Gasteiger partial charge >= 0.3 is 0 Å². The van der Waals surface area contributed by atoms with E-state index in [1.54, 1.807) is 18.3 Å². The van der Waals surface area contributed by atoms with Crippen molar-refractivity contribution in [3.63, 3.8) is 0 Å². The lowest BCUT2D eigenvalue weighted by Gasteiger charge is -2.19. The van der Waals surface area contributed by atoms with Crippen LogP contribution in [-0.2, 0) is 0 Å². The summed E-state index contributed by atoms with van der Waals surface area (Å²) in [6, 6.07) is 3.17. The highest BCUT2D eigenvalue weighted by molar-refractivity contribution is 6.32. The van der Waals surface area contributed by atoms with E-state index in [0.29, 0.717) is 22.2 Å². The second kappa shape index (κ2) is 8.53. The molecule has 0 saturated heterocycles. The number of anilines is 2. The van der Waals surface area contributed by atoms with E-state index >= 15 is 0 Å². The summed E-state index contributed by atoms with van der Waals surface area (Å²) in [4.78, 5) is 23.0. The number of amides is 1. The molecule has 0 saturated carbocycles. The number of halogens is 1. The minimum atomic E-state index is -0.402. The monoisotopic (exact) mass is 364 g/mol. The van der Waals surface area contributed by atoms with Gasteiger partial charge in [-0.25, -0.2) is 9.97 Å². The molecule has 8 heteroatoms. The van der Waals surface area contributed by atoms with Crippen LogP contribution in [-0.4, -0.2) is 43.2 Å². The van der Waals surface area contributed by atoms with Gasteiger partial charge in [0.25, 0.3) is 5.91 Å². The van der Waals surface area contributed by atoms with Crippen LogP contribution in [0.5, 0.6) is 11.5 Å².